The van der Waals surface area contributed by atoms with Crippen molar-refractivity contribution in [1.82, 2.24) is 0 Å². The molecule has 0 aromatic heterocycles. The fourth-order valence-electron chi connectivity index (χ4n) is 0.282. The SMILES string of the molecule is CC(C)(C)C(=O)C=C=N. The quantitative estimate of drug-likeness (QED) is 0.417. The average Bonchev–Trinajstić information content (AvgIpc) is 1.64. The molecule has 0 fully saturated rings. The van der Waals surface area contributed by atoms with Crippen molar-refractivity contribution >= 4 is 11.7 Å². The fourth-order valence-corrected chi connectivity index (χ4v) is 0.282. The van der Waals surface area contributed by atoms with Gasteiger partial charge in [-0.1, -0.05) is 20.8 Å². The summed E-state index contributed by atoms with van der Waals surface area (Å²) in [4.78, 5) is 10.8. The van der Waals surface area contributed by atoms with E-state index in [9.17, 15) is 4.79 Å². The summed E-state index contributed by atoms with van der Waals surface area (Å²) in [5.41, 5.74) is -0.367. The lowest BCUT2D eigenvalue weighted by Gasteiger charge is -2.11. The van der Waals surface area contributed by atoms with Gasteiger partial charge in [0.25, 0.3) is 0 Å². The molecule has 9 heavy (non-hydrogen) atoms. The van der Waals surface area contributed by atoms with E-state index in [4.69, 9.17) is 5.41 Å². The van der Waals surface area contributed by atoms with Gasteiger partial charge in [-0.3, -0.25) is 10.2 Å². The Balaban J connectivity index is 4.22. The standard InChI is InChI=1S/C7H11NO/c1-7(2,3)6(9)4-5-8/h4,8H,1-3H3. The fraction of sp³-hybridized carbons (Fsp3) is 0.571. The predicted molar refractivity (Wildman–Crippen MR) is 36.8 cm³/mol. The van der Waals surface area contributed by atoms with Gasteiger partial charge >= 0.3 is 0 Å². The zero-order valence-electron chi connectivity index (χ0n) is 5.99. The largest absolute Gasteiger partial charge is 0.294 e. The first-order valence-electron chi connectivity index (χ1n) is 2.78. The number of allylic oxidation sites excluding steroid dienone is 1. The summed E-state index contributed by atoms with van der Waals surface area (Å²) in [6, 6.07) is 0. The van der Waals surface area contributed by atoms with Crippen molar-refractivity contribution in [2.24, 2.45) is 5.41 Å². The Bertz CT molecular complexity index is 158. The van der Waals surface area contributed by atoms with E-state index in [0.29, 0.717) is 0 Å². The molecule has 2 heteroatoms. The van der Waals surface area contributed by atoms with E-state index in [1.54, 1.807) is 0 Å². The number of carbonyl (C=O) groups excluding carboxylic acids is 1. The monoisotopic (exact) mass is 125 g/mol. The molecule has 0 aromatic rings. The highest BCUT2D eigenvalue weighted by molar-refractivity contribution is 5.99. The maximum atomic E-state index is 10.8. The molecule has 0 aliphatic carbocycles. The van der Waals surface area contributed by atoms with Crippen molar-refractivity contribution < 1.29 is 4.79 Å². The first-order chi connectivity index (χ1) is 3.98. The van der Waals surface area contributed by atoms with Crippen molar-refractivity contribution in [3.63, 3.8) is 0 Å². The minimum atomic E-state index is -0.367. The second-order valence-electron chi connectivity index (χ2n) is 2.90. The van der Waals surface area contributed by atoms with Crippen LogP contribution in [0.15, 0.2) is 6.08 Å². The van der Waals surface area contributed by atoms with Crippen molar-refractivity contribution in [2.75, 3.05) is 0 Å². The first-order valence-corrected chi connectivity index (χ1v) is 2.78. The van der Waals surface area contributed by atoms with E-state index in [0.717, 1.165) is 6.08 Å². The van der Waals surface area contributed by atoms with E-state index in [-0.39, 0.29) is 11.2 Å². The molecular weight excluding hydrogens is 114 g/mol. The van der Waals surface area contributed by atoms with Crippen LogP contribution in [0.25, 0.3) is 0 Å². The summed E-state index contributed by atoms with van der Waals surface area (Å²) in [5, 5.41) is 6.49. The van der Waals surface area contributed by atoms with Gasteiger partial charge in [-0.2, -0.15) is 0 Å². The van der Waals surface area contributed by atoms with Crippen LogP contribution in [-0.2, 0) is 4.79 Å². The molecular formula is C7H11NO. The number of rotatable bonds is 1. The lowest BCUT2D eigenvalue weighted by atomic mass is 9.91. The molecule has 0 aliphatic heterocycles. The Morgan fingerprint density at radius 2 is 2.00 bits per heavy atom. The van der Waals surface area contributed by atoms with Crippen molar-refractivity contribution in [3.05, 3.63) is 6.08 Å². The molecule has 2 nitrogen and oxygen atoms in total. The Morgan fingerprint density at radius 3 is 2.11 bits per heavy atom. The third kappa shape index (κ3) is 2.83. The van der Waals surface area contributed by atoms with E-state index >= 15 is 0 Å². The van der Waals surface area contributed by atoms with Gasteiger partial charge in [-0.05, 0) is 5.87 Å². The van der Waals surface area contributed by atoms with Gasteiger partial charge in [0.15, 0.2) is 5.78 Å². The van der Waals surface area contributed by atoms with Gasteiger partial charge in [0.05, 0.1) is 0 Å². The normalized spacial score (nSPS) is 10.1. The van der Waals surface area contributed by atoms with Crippen LogP contribution in [0.5, 0.6) is 0 Å². The van der Waals surface area contributed by atoms with Crippen LogP contribution >= 0.6 is 0 Å². The second-order valence-corrected chi connectivity index (χ2v) is 2.90. The van der Waals surface area contributed by atoms with E-state index in [2.05, 4.69) is 0 Å². The Morgan fingerprint density at radius 1 is 1.56 bits per heavy atom. The van der Waals surface area contributed by atoms with Crippen molar-refractivity contribution in [2.45, 2.75) is 20.8 Å². The third-order valence-electron chi connectivity index (χ3n) is 0.942. The highest BCUT2D eigenvalue weighted by atomic mass is 16.1. The lowest BCUT2D eigenvalue weighted by molar-refractivity contribution is -0.121. The molecule has 0 saturated heterocycles. The van der Waals surface area contributed by atoms with E-state index in [1.165, 1.54) is 0 Å². The molecule has 0 heterocycles. The molecule has 0 aliphatic rings. The predicted octanol–water partition coefficient (Wildman–Crippen LogP) is 1.41. The third-order valence-corrected chi connectivity index (χ3v) is 0.942. The van der Waals surface area contributed by atoms with Crippen LogP contribution in [0.1, 0.15) is 20.8 Å². The Labute approximate surface area is 55.1 Å². The molecule has 0 amide bonds. The average molecular weight is 125 g/mol. The number of hydrogen-bond donors (Lipinski definition) is 1. The van der Waals surface area contributed by atoms with Crippen LogP contribution in [0.2, 0.25) is 0 Å². The minimum Gasteiger partial charge on any atom is -0.294 e. The van der Waals surface area contributed by atoms with Crippen molar-refractivity contribution in [1.29, 1.82) is 5.41 Å². The highest BCUT2D eigenvalue weighted by Gasteiger charge is 2.17. The summed E-state index contributed by atoms with van der Waals surface area (Å²) in [6.07, 6.45) is 1.15. The van der Waals surface area contributed by atoms with Crippen LogP contribution in [0.3, 0.4) is 0 Å². The molecule has 0 unspecified atom stereocenters. The van der Waals surface area contributed by atoms with E-state index < -0.39 is 0 Å². The van der Waals surface area contributed by atoms with E-state index in [1.807, 2.05) is 26.6 Å². The van der Waals surface area contributed by atoms with Gasteiger partial charge in [0.1, 0.15) is 0 Å². The summed E-state index contributed by atoms with van der Waals surface area (Å²) in [7, 11) is 0. The van der Waals surface area contributed by atoms with Crippen molar-refractivity contribution in [3.8, 4) is 0 Å². The molecule has 0 saturated carbocycles. The molecule has 0 aromatic carbocycles. The second kappa shape index (κ2) is 2.60. The molecule has 0 atom stereocenters. The maximum absolute atomic E-state index is 10.8. The molecule has 0 rings (SSSR count). The smallest absolute Gasteiger partial charge is 0.170 e. The zero-order valence-corrected chi connectivity index (χ0v) is 5.99. The van der Waals surface area contributed by atoms with Gasteiger partial charge in [-0.25, -0.2) is 0 Å². The van der Waals surface area contributed by atoms with Crippen LogP contribution < -0.4 is 0 Å². The molecule has 50 valence electrons. The molecule has 0 radical (unpaired) electrons. The van der Waals surface area contributed by atoms with Gasteiger partial charge < -0.3 is 0 Å². The first kappa shape index (κ1) is 8.12. The minimum absolute atomic E-state index is 0.0579. The number of nitrogens with one attached hydrogen (secondary N) is 1. The van der Waals surface area contributed by atoms with Crippen LogP contribution in [0.4, 0.5) is 0 Å². The van der Waals surface area contributed by atoms with Gasteiger partial charge in [-0.15, -0.1) is 0 Å². The maximum Gasteiger partial charge on any atom is 0.170 e. The van der Waals surface area contributed by atoms with Crippen LogP contribution in [0, 0.1) is 10.8 Å². The molecule has 0 bridgehead atoms. The molecule has 1 N–H and O–H groups in total. The number of hydrogen-bond acceptors (Lipinski definition) is 2. The number of ketones is 1. The topological polar surface area (TPSA) is 40.9 Å². The molecule has 0 spiro atoms. The highest BCUT2D eigenvalue weighted by Crippen LogP contribution is 2.13. The van der Waals surface area contributed by atoms with Gasteiger partial charge in [0.2, 0.25) is 0 Å². The summed E-state index contributed by atoms with van der Waals surface area (Å²) in [6.45, 7) is 5.43. The lowest BCUT2D eigenvalue weighted by Crippen LogP contribution is -2.17. The van der Waals surface area contributed by atoms with Gasteiger partial charge in [0, 0.05) is 11.5 Å². The zero-order chi connectivity index (χ0) is 7.49. The summed E-state index contributed by atoms with van der Waals surface area (Å²) < 4.78 is 0. The van der Waals surface area contributed by atoms with Crippen LogP contribution in [-0.4, -0.2) is 11.7 Å². The number of carbonyl (C=O) groups is 1. The Kier molecular flexibility index (Phi) is 2.35. The summed E-state index contributed by atoms with van der Waals surface area (Å²) in [5.74, 6) is 1.89. The summed E-state index contributed by atoms with van der Waals surface area (Å²) >= 11 is 0. The Hall–Kier alpha value is -0.880.